The molecule has 2 heterocycles. The Morgan fingerprint density at radius 1 is 1.52 bits per heavy atom. The fourth-order valence-corrected chi connectivity index (χ4v) is 3.15. The number of likely N-dealkylation sites (tertiary alicyclic amines) is 1. The maximum atomic E-state index is 13.3. The smallest absolute Gasteiger partial charge is 0.245 e. The Kier molecular flexibility index (Phi) is 4.83. The van der Waals surface area contributed by atoms with Crippen LogP contribution in [-0.4, -0.2) is 41.0 Å². The van der Waals surface area contributed by atoms with Gasteiger partial charge in [-0.15, -0.1) is 0 Å². The van der Waals surface area contributed by atoms with Crippen LogP contribution < -0.4 is 5.32 Å². The van der Waals surface area contributed by atoms with Gasteiger partial charge < -0.3 is 14.7 Å². The van der Waals surface area contributed by atoms with Crippen LogP contribution in [-0.2, 0) is 16.0 Å². The summed E-state index contributed by atoms with van der Waals surface area (Å²) in [4.78, 5) is 25.3. The lowest BCUT2D eigenvalue weighted by Crippen LogP contribution is -2.51. The molecule has 2 aromatic rings. The molecule has 25 heavy (non-hydrogen) atoms. The Labute approximate surface area is 144 Å². The van der Waals surface area contributed by atoms with Crippen molar-refractivity contribution in [3.63, 3.8) is 0 Å². The summed E-state index contributed by atoms with van der Waals surface area (Å²) in [5.41, 5.74) is 0.879. The normalized spacial score (nSPS) is 15.7. The molecule has 0 bridgehead atoms. The van der Waals surface area contributed by atoms with Crippen LogP contribution in [0.15, 0.2) is 35.4 Å². The standard InChI is InChI=1S/C18H20FN3O3/c1-3-18(24)22-9-12(10-22)6-11(2)20-17(23)8-15-14-7-13(19)4-5-16(14)25-21-15/h3-5,7,11-12H,1,6,8-10H2,2H3,(H,20,23). The zero-order chi connectivity index (χ0) is 18.0. The summed E-state index contributed by atoms with van der Waals surface area (Å²) >= 11 is 0. The predicted molar refractivity (Wildman–Crippen MR) is 90.2 cm³/mol. The quantitative estimate of drug-likeness (QED) is 0.813. The highest BCUT2D eigenvalue weighted by molar-refractivity contribution is 5.87. The van der Waals surface area contributed by atoms with E-state index in [0.29, 0.717) is 35.7 Å². The Bertz CT molecular complexity index is 811. The van der Waals surface area contributed by atoms with Crippen LogP contribution in [0.25, 0.3) is 11.0 Å². The van der Waals surface area contributed by atoms with Crippen LogP contribution in [0.4, 0.5) is 4.39 Å². The zero-order valence-electron chi connectivity index (χ0n) is 14.0. The molecule has 3 rings (SSSR count). The Morgan fingerprint density at radius 2 is 2.28 bits per heavy atom. The first-order valence-corrected chi connectivity index (χ1v) is 8.20. The minimum Gasteiger partial charge on any atom is -0.356 e. The molecule has 0 aliphatic carbocycles. The van der Waals surface area contributed by atoms with Gasteiger partial charge in [-0.2, -0.15) is 0 Å². The summed E-state index contributed by atoms with van der Waals surface area (Å²) in [6.45, 7) is 6.78. The minimum absolute atomic E-state index is 0.0200. The van der Waals surface area contributed by atoms with Gasteiger partial charge in [0.15, 0.2) is 5.58 Å². The molecule has 1 aliphatic rings. The number of fused-ring (bicyclic) bond motifs is 1. The van der Waals surface area contributed by atoms with Crippen LogP contribution >= 0.6 is 0 Å². The van der Waals surface area contributed by atoms with E-state index in [1.165, 1.54) is 24.3 Å². The number of benzene rings is 1. The SMILES string of the molecule is C=CC(=O)N1CC(CC(C)NC(=O)Cc2noc3ccc(F)cc23)C1. The number of hydrogen-bond acceptors (Lipinski definition) is 4. The molecule has 1 fully saturated rings. The third-order valence-corrected chi connectivity index (χ3v) is 4.37. The van der Waals surface area contributed by atoms with Crippen molar-refractivity contribution in [1.29, 1.82) is 0 Å². The molecule has 0 radical (unpaired) electrons. The highest BCUT2D eigenvalue weighted by Crippen LogP contribution is 2.22. The maximum absolute atomic E-state index is 13.3. The molecule has 1 unspecified atom stereocenters. The fraction of sp³-hybridized carbons (Fsp3) is 0.389. The molecule has 7 heteroatoms. The lowest BCUT2D eigenvalue weighted by molar-refractivity contribution is -0.132. The Balaban J connectivity index is 1.50. The molecule has 6 nitrogen and oxygen atoms in total. The highest BCUT2D eigenvalue weighted by atomic mass is 19.1. The molecule has 2 amide bonds. The summed E-state index contributed by atoms with van der Waals surface area (Å²) in [6, 6.07) is 4.08. The number of rotatable bonds is 6. The van der Waals surface area contributed by atoms with Gasteiger partial charge in [-0.3, -0.25) is 9.59 Å². The van der Waals surface area contributed by atoms with Crippen molar-refractivity contribution in [2.75, 3.05) is 13.1 Å². The first kappa shape index (κ1) is 17.1. The number of carbonyl (C=O) groups excluding carboxylic acids is 2. The largest absolute Gasteiger partial charge is 0.356 e. The lowest BCUT2D eigenvalue weighted by Gasteiger charge is -2.40. The lowest BCUT2D eigenvalue weighted by atomic mass is 9.92. The number of amides is 2. The first-order chi connectivity index (χ1) is 12.0. The van der Waals surface area contributed by atoms with Crippen molar-refractivity contribution in [2.24, 2.45) is 5.92 Å². The van der Waals surface area contributed by atoms with E-state index in [9.17, 15) is 14.0 Å². The highest BCUT2D eigenvalue weighted by Gasteiger charge is 2.30. The number of nitrogens with one attached hydrogen (secondary N) is 1. The molecule has 0 spiro atoms. The summed E-state index contributed by atoms with van der Waals surface area (Å²) in [6.07, 6.45) is 2.14. The zero-order valence-corrected chi connectivity index (χ0v) is 14.0. The van der Waals surface area contributed by atoms with E-state index >= 15 is 0 Å². The average molecular weight is 345 g/mol. The van der Waals surface area contributed by atoms with Crippen LogP contribution in [0.1, 0.15) is 19.0 Å². The summed E-state index contributed by atoms with van der Waals surface area (Å²) in [7, 11) is 0. The molecular weight excluding hydrogens is 325 g/mol. The summed E-state index contributed by atoms with van der Waals surface area (Å²) in [5, 5.41) is 7.29. The second-order valence-electron chi connectivity index (χ2n) is 6.46. The van der Waals surface area contributed by atoms with E-state index in [4.69, 9.17) is 4.52 Å². The van der Waals surface area contributed by atoms with Gasteiger partial charge >= 0.3 is 0 Å². The Hall–Kier alpha value is -2.70. The number of nitrogens with zero attached hydrogens (tertiary/aromatic N) is 2. The fourth-order valence-electron chi connectivity index (χ4n) is 3.15. The first-order valence-electron chi connectivity index (χ1n) is 8.20. The van der Waals surface area contributed by atoms with Crippen LogP contribution in [0, 0.1) is 11.7 Å². The Morgan fingerprint density at radius 3 is 3.00 bits per heavy atom. The molecule has 1 saturated heterocycles. The second kappa shape index (κ2) is 7.04. The predicted octanol–water partition coefficient (Wildman–Crippen LogP) is 2.05. The van der Waals surface area contributed by atoms with Crippen LogP contribution in [0.5, 0.6) is 0 Å². The topological polar surface area (TPSA) is 75.4 Å². The third-order valence-electron chi connectivity index (χ3n) is 4.37. The van der Waals surface area contributed by atoms with Crippen LogP contribution in [0.2, 0.25) is 0 Å². The van der Waals surface area contributed by atoms with Gasteiger partial charge in [0.1, 0.15) is 11.5 Å². The molecule has 1 N–H and O–H groups in total. The molecule has 132 valence electrons. The second-order valence-corrected chi connectivity index (χ2v) is 6.46. The number of aromatic nitrogens is 1. The molecule has 1 atom stereocenters. The van der Waals surface area contributed by atoms with E-state index in [1.54, 1.807) is 4.90 Å². The van der Waals surface area contributed by atoms with Crippen molar-refractivity contribution in [3.8, 4) is 0 Å². The van der Waals surface area contributed by atoms with Gasteiger partial charge in [0, 0.05) is 24.5 Å². The van der Waals surface area contributed by atoms with Crippen molar-refractivity contribution in [3.05, 3.63) is 42.4 Å². The molecule has 1 aliphatic heterocycles. The van der Waals surface area contributed by atoms with Gasteiger partial charge in [-0.25, -0.2) is 4.39 Å². The number of hydrogen-bond donors (Lipinski definition) is 1. The van der Waals surface area contributed by atoms with Gasteiger partial charge in [0.25, 0.3) is 0 Å². The summed E-state index contributed by atoms with van der Waals surface area (Å²) in [5.74, 6) is -0.265. The van der Waals surface area contributed by atoms with E-state index in [1.807, 2.05) is 6.92 Å². The average Bonchev–Trinajstić information content (AvgIpc) is 2.91. The van der Waals surface area contributed by atoms with Crippen molar-refractivity contribution >= 4 is 22.8 Å². The molecule has 0 saturated carbocycles. The van der Waals surface area contributed by atoms with Crippen LogP contribution in [0.3, 0.4) is 0 Å². The minimum atomic E-state index is -0.394. The number of halogens is 1. The van der Waals surface area contributed by atoms with Crippen molar-refractivity contribution < 1.29 is 18.5 Å². The molecular formula is C18H20FN3O3. The van der Waals surface area contributed by atoms with E-state index in [2.05, 4.69) is 17.1 Å². The van der Waals surface area contributed by atoms with E-state index < -0.39 is 5.82 Å². The van der Waals surface area contributed by atoms with E-state index in [0.717, 1.165) is 6.42 Å². The number of carbonyl (C=O) groups is 2. The van der Waals surface area contributed by atoms with Gasteiger partial charge in [-0.1, -0.05) is 11.7 Å². The molecule has 1 aromatic heterocycles. The molecule has 1 aromatic carbocycles. The maximum Gasteiger partial charge on any atom is 0.245 e. The van der Waals surface area contributed by atoms with Crippen molar-refractivity contribution in [1.82, 2.24) is 15.4 Å². The van der Waals surface area contributed by atoms with Gasteiger partial charge in [0.05, 0.1) is 6.42 Å². The summed E-state index contributed by atoms with van der Waals surface area (Å²) < 4.78 is 18.4. The van der Waals surface area contributed by atoms with Gasteiger partial charge in [0.2, 0.25) is 11.8 Å². The van der Waals surface area contributed by atoms with Gasteiger partial charge in [-0.05, 0) is 43.5 Å². The third kappa shape index (κ3) is 3.87. The monoisotopic (exact) mass is 345 g/mol. The van der Waals surface area contributed by atoms with E-state index in [-0.39, 0.29) is 24.3 Å². The van der Waals surface area contributed by atoms with Crippen molar-refractivity contribution in [2.45, 2.75) is 25.8 Å².